The van der Waals surface area contributed by atoms with Crippen LogP contribution in [0, 0.1) is 0 Å². The second kappa shape index (κ2) is 11.1. The van der Waals surface area contributed by atoms with Crippen molar-refractivity contribution in [2.45, 2.75) is 12.5 Å². The van der Waals surface area contributed by atoms with Gasteiger partial charge in [0.1, 0.15) is 6.04 Å². The summed E-state index contributed by atoms with van der Waals surface area (Å²) in [5.74, 6) is -2.13. The van der Waals surface area contributed by atoms with Crippen LogP contribution in [0.25, 0.3) is 11.5 Å². The molecule has 12 heteroatoms. The largest absolute Gasteiger partial charge is 0.480 e. The van der Waals surface area contributed by atoms with Gasteiger partial charge in [-0.3, -0.25) is 9.59 Å². The molecule has 10 nitrogen and oxygen atoms in total. The number of nitrogens with one attached hydrogen (secondary N) is 2. The molecular weight excluding hydrogens is 521 g/mol. The Morgan fingerprint density at radius 1 is 0.973 bits per heavy atom. The Labute approximate surface area is 220 Å². The van der Waals surface area contributed by atoms with E-state index < -0.39 is 17.9 Å². The van der Waals surface area contributed by atoms with Gasteiger partial charge in [0.2, 0.25) is 0 Å². The number of carboxylic acids is 1. The molecule has 1 aromatic heterocycles. The van der Waals surface area contributed by atoms with Crippen molar-refractivity contribution in [1.82, 2.24) is 15.5 Å². The molecule has 3 aromatic carbocycles. The summed E-state index contributed by atoms with van der Waals surface area (Å²) in [6.07, 6.45) is -0.00721. The van der Waals surface area contributed by atoms with Crippen LogP contribution in [-0.4, -0.2) is 39.1 Å². The van der Waals surface area contributed by atoms with Crippen LogP contribution >= 0.6 is 23.2 Å². The van der Waals surface area contributed by atoms with Crippen LogP contribution in [0.2, 0.25) is 10.0 Å². The van der Waals surface area contributed by atoms with Gasteiger partial charge in [0.15, 0.2) is 0 Å². The van der Waals surface area contributed by atoms with E-state index in [1.165, 1.54) is 12.1 Å². The average molecular weight is 540 g/mol. The van der Waals surface area contributed by atoms with Crippen LogP contribution in [0.1, 0.15) is 26.3 Å². The van der Waals surface area contributed by atoms with E-state index in [2.05, 4.69) is 20.8 Å². The first kappa shape index (κ1) is 25.7. The van der Waals surface area contributed by atoms with Crippen molar-refractivity contribution < 1.29 is 24.0 Å². The third kappa shape index (κ3) is 6.24. The van der Waals surface area contributed by atoms with Crippen LogP contribution in [-0.2, 0) is 11.2 Å². The number of benzene rings is 3. The molecule has 0 aliphatic rings. The van der Waals surface area contributed by atoms with E-state index in [9.17, 15) is 19.5 Å². The molecule has 0 spiro atoms. The number of anilines is 2. The Balaban J connectivity index is 1.41. The second-order valence-electron chi connectivity index (χ2n) is 7.85. The standard InChI is InChI=1S/C25H19Cl2N5O5/c26-17-5-2-6-18(27)20(17)22(34)30-19(24(35)36)11-13-7-9-16(10-8-13)29-21(33)14-3-1-4-15(12-14)23-31-25(28)32-37-23/h1-10,12,19H,11H2,(H2,28,32)(H,29,33)(H,30,34)(H,35,36)/t19-/m0/s1. The molecule has 0 saturated carbocycles. The molecule has 0 radical (unpaired) electrons. The van der Waals surface area contributed by atoms with Crippen molar-refractivity contribution >= 4 is 52.6 Å². The summed E-state index contributed by atoms with van der Waals surface area (Å²) in [6.45, 7) is 0. The van der Waals surface area contributed by atoms with Crippen molar-refractivity contribution in [3.63, 3.8) is 0 Å². The molecule has 5 N–H and O–H groups in total. The lowest BCUT2D eigenvalue weighted by atomic mass is 10.0. The molecule has 0 saturated heterocycles. The molecule has 4 rings (SSSR count). The lowest BCUT2D eigenvalue weighted by molar-refractivity contribution is -0.139. The first-order valence-corrected chi connectivity index (χ1v) is 11.5. The number of nitrogen functional groups attached to an aromatic ring is 1. The molecule has 0 aliphatic carbocycles. The molecule has 0 bridgehead atoms. The summed E-state index contributed by atoms with van der Waals surface area (Å²) in [4.78, 5) is 41.0. The van der Waals surface area contributed by atoms with E-state index >= 15 is 0 Å². The van der Waals surface area contributed by atoms with Crippen molar-refractivity contribution in [2.24, 2.45) is 0 Å². The molecule has 188 valence electrons. The van der Waals surface area contributed by atoms with Gasteiger partial charge in [-0.1, -0.05) is 47.5 Å². The third-order valence-electron chi connectivity index (χ3n) is 5.26. The Kier molecular flexibility index (Phi) is 7.71. The van der Waals surface area contributed by atoms with Crippen molar-refractivity contribution in [3.05, 3.63) is 93.5 Å². The number of nitrogens with zero attached hydrogens (tertiary/aromatic N) is 2. The number of nitrogens with two attached hydrogens (primary N) is 1. The van der Waals surface area contributed by atoms with Crippen LogP contribution in [0.4, 0.5) is 11.6 Å². The fourth-order valence-corrected chi connectivity index (χ4v) is 4.02. The lowest BCUT2D eigenvalue weighted by Crippen LogP contribution is -2.42. The minimum absolute atomic E-state index is 0.00164. The van der Waals surface area contributed by atoms with Crippen LogP contribution in [0.5, 0.6) is 0 Å². The van der Waals surface area contributed by atoms with Gasteiger partial charge in [0.05, 0.1) is 15.6 Å². The average Bonchev–Trinajstić information content (AvgIpc) is 3.31. The Morgan fingerprint density at radius 2 is 1.65 bits per heavy atom. The van der Waals surface area contributed by atoms with Crippen LogP contribution in [0.3, 0.4) is 0 Å². The van der Waals surface area contributed by atoms with Gasteiger partial charge in [-0.15, -0.1) is 0 Å². The number of halogens is 2. The number of aliphatic carboxylic acids is 1. The fourth-order valence-electron chi connectivity index (χ4n) is 3.45. The van der Waals surface area contributed by atoms with Gasteiger partial charge >= 0.3 is 5.97 Å². The Morgan fingerprint density at radius 3 is 2.27 bits per heavy atom. The number of carboxylic acid groups (broad SMARTS) is 1. The third-order valence-corrected chi connectivity index (χ3v) is 5.89. The van der Waals surface area contributed by atoms with Crippen LogP contribution < -0.4 is 16.4 Å². The van der Waals surface area contributed by atoms with Gasteiger partial charge < -0.3 is 26.0 Å². The maximum absolute atomic E-state index is 12.7. The van der Waals surface area contributed by atoms with Crippen molar-refractivity contribution in [1.29, 1.82) is 0 Å². The summed E-state index contributed by atoms with van der Waals surface area (Å²) in [7, 11) is 0. The second-order valence-corrected chi connectivity index (χ2v) is 8.67. The molecule has 0 fully saturated rings. The predicted octanol–water partition coefficient (Wildman–Crippen LogP) is 4.30. The number of hydrogen-bond donors (Lipinski definition) is 4. The molecule has 1 heterocycles. The lowest BCUT2D eigenvalue weighted by Gasteiger charge is -2.16. The summed E-state index contributed by atoms with van der Waals surface area (Å²) >= 11 is 12.1. The molecule has 0 aliphatic heterocycles. The highest BCUT2D eigenvalue weighted by molar-refractivity contribution is 6.39. The van der Waals surface area contributed by atoms with Crippen molar-refractivity contribution in [2.75, 3.05) is 11.1 Å². The number of aromatic nitrogens is 2. The van der Waals surface area contributed by atoms with E-state index in [1.54, 1.807) is 54.6 Å². The highest BCUT2D eigenvalue weighted by atomic mass is 35.5. The monoisotopic (exact) mass is 539 g/mol. The maximum Gasteiger partial charge on any atom is 0.326 e. The van der Waals surface area contributed by atoms with Gasteiger partial charge in [0, 0.05) is 23.2 Å². The van der Waals surface area contributed by atoms with E-state index in [-0.39, 0.29) is 39.8 Å². The predicted molar refractivity (Wildman–Crippen MR) is 138 cm³/mol. The molecule has 37 heavy (non-hydrogen) atoms. The van der Waals surface area contributed by atoms with Gasteiger partial charge in [0.25, 0.3) is 23.7 Å². The smallest absolute Gasteiger partial charge is 0.326 e. The molecule has 0 unspecified atom stereocenters. The molecule has 1 atom stereocenters. The summed E-state index contributed by atoms with van der Waals surface area (Å²) in [6, 6.07) is 16.5. The number of hydrogen-bond acceptors (Lipinski definition) is 7. The first-order chi connectivity index (χ1) is 17.7. The summed E-state index contributed by atoms with van der Waals surface area (Å²) in [5, 5.41) is 18.6. The zero-order valence-corrected chi connectivity index (χ0v) is 20.5. The minimum atomic E-state index is -1.23. The fraction of sp³-hybridized carbons (Fsp3) is 0.0800. The Hall–Kier alpha value is -4.41. The zero-order valence-electron chi connectivity index (χ0n) is 18.9. The van der Waals surface area contributed by atoms with Crippen molar-refractivity contribution in [3.8, 4) is 11.5 Å². The number of amides is 2. The number of carbonyl (C=O) groups excluding carboxylic acids is 2. The quantitative estimate of drug-likeness (QED) is 0.257. The maximum atomic E-state index is 12.7. The number of carbonyl (C=O) groups is 3. The van der Waals surface area contributed by atoms with E-state index in [1.807, 2.05) is 0 Å². The highest BCUT2D eigenvalue weighted by Gasteiger charge is 2.24. The summed E-state index contributed by atoms with van der Waals surface area (Å²) < 4.78 is 5.03. The molecule has 2 amide bonds. The van der Waals surface area contributed by atoms with Gasteiger partial charge in [-0.2, -0.15) is 4.98 Å². The normalized spacial score (nSPS) is 11.5. The molecular formula is C25H19Cl2N5O5. The SMILES string of the molecule is Nc1noc(-c2cccc(C(=O)Nc3ccc(C[C@H](NC(=O)c4c(Cl)cccc4Cl)C(=O)O)cc3)c2)n1. The summed E-state index contributed by atoms with van der Waals surface area (Å²) in [5.41, 5.74) is 7.47. The van der Waals surface area contributed by atoms with E-state index in [0.29, 0.717) is 22.4 Å². The first-order valence-electron chi connectivity index (χ1n) is 10.8. The minimum Gasteiger partial charge on any atom is -0.480 e. The molecule has 4 aromatic rings. The van der Waals surface area contributed by atoms with Gasteiger partial charge in [-0.25, -0.2) is 4.79 Å². The zero-order chi connectivity index (χ0) is 26.5. The Bertz CT molecular complexity index is 1450. The van der Waals surface area contributed by atoms with E-state index in [4.69, 9.17) is 33.5 Å². The van der Waals surface area contributed by atoms with Gasteiger partial charge in [-0.05, 0) is 53.2 Å². The number of rotatable bonds is 8. The topological polar surface area (TPSA) is 160 Å². The van der Waals surface area contributed by atoms with Crippen LogP contribution in [0.15, 0.2) is 71.3 Å². The highest BCUT2D eigenvalue weighted by Crippen LogP contribution is 2.24. The van der Waals surface area contributed by atoms with E-state index in [0.717, 1.165) is 0 Å².